The molecule has 1 aliphatic rings. The van der Waals surface area contributed by atoms with Crippen LogP contribution in [-0.4, -0.2) is 17.6 Å². The summed E-state index contributed by atoms with van der Waals surface area (Å²) in [7, 11) is 0. The fraction of sp³-hybridized carbons (Fsp3) is 0.150. The van der Waals surface area contributed by atoms with E-state index in [2.05, 4.69) is 16.7 Å². The molecule has 0 saturated heterocycles. The summed E-state index contributed by atoms with van der Waals surface area (Å²) in [6, 6.07) is 17.1. The van der Waals surface area contributed by atoms with Gasteiger partial charge in [0.1, 0.15) is 5.82 Å². The Hall–Kier alpha value is -3.11. The molecule has 0 aliphatic carbocycles. The van der Waals surface area contributed by atoms with Gasteiger partial charge in [0, 0.05) is 18.0 Å². The summed E-state index contributed by atoms with van der Waals surface area (Å²) in [6.45, 7) is 0. The van der Waals surface area contributed by atoms with Crippen molar-refractivity contribution in [2.45, 2.75) is 12.3 Å². The number of carbonyl (C=O) groups excluding carboxylic acids is 2. The van der Waals surface area contributed by atoms with E-state index in [0.717, 1.165) is 11.8 Å². The van der Waals surface area contributed by atoms with Gasteiger partial charge in [-0.25, -0.2) is 4.39 Å². The van der Waals surface area contributed by atoms with Gasteiger partial charge in [0.15, 0.2) is 0 Å². The molecule has 0 radical (unpaired) electrons. The van der Waals surface area contributed by atoms with E-state index in [-0.39, 0.29) is 29.6 Å². The quantitative estimate of drug-likeness (QED) is 0.830. The molecule has 0 spiro atoms. The highest BCUT2D eigenvalue weighted by atomic mass is 32.2. The number of rotatable bonds is 5. The van der Waals surface area contributed by atoms with Crippen molar-refractivity contribution in [1.29, 1.82) is 5.26 Å². The van der Waals surface area contributed by atoms with Crippen LogP contribution in [0.1, 0.15) is 17.9 Å². The van der Waals surface area contributed by atoms with Gasteiger partial charge in [0.25, 0.3) is 0 Å². The summed E-state index contributed by atoms with van der Waals surface area (Å²) in [4.78, 5) is 24.2. The maximum absolute atomic E-state index is 14.2. The van der Waals surface area contributed by atoms with Crippen molar-refractivity contribution in [1.82, 2.24) is 5.32 Å². The summed E-state index contributed by atoms with van der Waals surface area (Å²) in [5, 5.41) is 15.2. The largest absolute Gasteiger partial charge is 0.325 e. The van der Waals surface area contributed by atoms with Crippen LogP contribution in [0.15, 0.2) is 65.2 Å². The molecule has 0 aromatic heterocycles. The topological polar surface area (TPSA) is 82.0 Å². The standard InChI is InChI=1S/C20H16FN3O2S/c21-17-9-5-4-8-14(17)15-10-18(25)24-20(16(15)11-22)27-12-19(26)23-13-6-2-1-3-7-13/h1-9,15H,10,12H2,(H,23,26)(H,24,25)/t15-/m0/s1. The van der Waals surface area contributed by atoms with Gasteiger partial charge in [-0.05, 0) is 23.8 Å². The molecule has 136 valence electrons. The summed E-state index contributed by atoms with van der Waals surface area (Å²) in [5.41, 5.74) is 1.22. The van der Waals surface area contributed by atoms with Crippen molar-refractivity contribution in [2.75, 3.05) is 11.1 Å². The van der Waals surface area contributed by atoms with E-state index in [1.165, 1.54) is 6.07 Å². The number of allylic oxidation sites excluding steroid dienone is 1. The lowest BCUT2D eigenvalue weighted by molar-refractivity contribution is -0.121. The minimum Gasteiger partial charge on any atom is -0.325 e. The highest BCUT2D eigenvalue weighted by Crippen LogP contribution is 2.36. The van der Waals surface area contributed by atoms with E-state index < -0.39 is 11.7 Å². The third-order valence-electron chi connectivity index (χ3n) is 4.04. The van der Waals surface area contributed by atoms with Crippen molar-refractivity contribution in [3.8, 4) is 6.07 Å². The predicted molar refractivity (Wildman–Crippen MR) is 102 cm³/mol. The van der Waals surface area contributed by atoms with Gasteiger partial charge in [-0.2, -0.15) is 5.26 Å². The van der Waals surface area contributed by atoms with Gasteiger partial charge in [0.2, 0.25) is 11.8 Å². The third-order valence-corrected chi connectivity index (χ3v) is 5.06. The van der Waals surface area contributed by atoms with Crippen LogP contribution in [0.5, 0.6) is 0 Å². The molecule has 0 saturated carbocycles. The molecule has 1 heterocycles. The predicted octanol–water partition coefficient (Wildman–Crippen LogP) is 3.54. The number of hydrogen-bond donors (Lipinski definition) is 2. The van der Waals surface area contributed by atoms with Crippen LogP contribution in [0.2, 0.25) is 0 Å². The van der Waals surface area contributed by atoms with Crippen LogP contribution in [0.4, 0.5) is 10.1 Å². The van der Waals surface area contributed by atoms with Crippen molar-refractivity contribution < 1.29 is 14.0 Å². The monoisotopic (exact) mass is 381 g/mol. The number of nitrogens with zero attached hydrogens (tertiary/aromatic N) is 1. The van der Waals surface area contributed by atoms with Gasteiger partial charge in [0.05, 0.1) is 22.4 Å². The Morgan fingerprint density at radius 1 is 1.22 bits per heavy atom. The lowest BCUT2D eigenvalue weighted by atomic mass is 9.87. The van der Waals surface area contributed by atoms with Crippen LogP contribution in [0.25, 0.3) is 0 Å². The van der Waals surface area contributed by atoms with E-state index in [1.807, 2.05) is 6.07 Å². The minimum absolute atomic E-state index is 0.00982. The van der Waals surface area contributed by atoms with Crippen molar-refractivity contribution in [3.63, 3.8) is 0 Å². The number of halogens is 1. The number of thioether (sulfide) groups is 1. The van der Waals surface area contributed by atoms with Crippen molar-refractivity contribution in [2.24, 2.45) is 0 Å². The molecule has 3 rings (SSSR count). The van der Waals surface area contributed by atoms with Crippen LogP contribution >= 0.6 is 11.8 Å². The van der Waals surface area contributed by atoms with Crippen LogP contribution in [0, 0.1) is 17.1 Å². The first-order chi connectivity index (χ1) is 13.1. The smallest absolute Gasteiger partial charge is 0.234 e. The second kappa shape index (κ2) is 8.52. The molecular weight excluding hydrogens is 365 g/mol. The van der Waals surface area contributed by atoms with E-state index in [9.17, 15) is 19.2 Å². The number of hydrogen-bond acceptors (Lipinski definition) is 4. The van der Waals surface area contributed by atoms with E-state index in [1.54, 1.807) is 42.5 Å². The van der Waals surface area contributed by atoms with E-state index in [0.29, 0.717) is 16.3 Å². The first-order valence-corrected chi connectivity index (χ1v) is 9.23. The number of anilines is 1. The zero-order valence-corrected chi connectivity index (χ0v) is 15.1. The average Bonchev–Trinajstić information content (AvgIpc) is 2.67. The van der Waals surface area contributed by atoms with Gasteiger partial charge in [-0.15, -0.1) is 0 Å². The number of benzene rings is 2. The second-order valence-electron chi connectivity index (χ2n) is 5.88. The molecular formula is C20H16FN3O2S. The molecule has 2 N–H and O–H groups in total. The second-order valence-corrected chi connectivity index (χ2v) is 6.87. The van der Waals surface area contributed by atoms with Gasteiger partial charge >= 0.3 is 0 Å². The molecule has 7 heteroatoms. The van der Waals surface area contributed by atoms with Gasteiger partial charge in [-0.1, -0.05) is 48.2 Å². The van der Waals surface area contributed by atoms with Crippen LogP contribution in [0.3, 0.4) is 0 Å². The maximum atomic E-state index is 14.2. The Labute approximate surface area is 160 Å². The average molecular weight is 381 g/mol. The zero-order valence-electron chi connectivity index (χ0n) is 14.2. The number of nitrogens with one attached hydrogen (secondary N) is 2. The molecule has 2 amide bonds. The molecule has 27 heavy (non-hydrogen) atoms. The normalized spacial score (nSPS) is 16.4. The summed E-state index contributed by atoms with van der Waals surface area (Å²) < 4.78 is 14.2. The number of carbonyl (C=O) groups is 2. The minimum atomic E-state index is -0.662. The Kier molecular flexibility index (Phi) is 5.89. The van der Waals surface area contributed by atoms with E-state index in [4.69, 9.17) is 0 Å². The number of para-hydroxylation sites is 1. The molecule has 5 nitrogen and oxygen atoms in total. The van der Waals surface area contributed by atoms with Gasteiger partial charge < -0.3 is 10.6 Å². The van der Waals surface area contributed by atoms with Crippen LogP contribution < -0.4 is 10.6 Å². The Balaban J connectivity index is 1.77. The Morgan fingerprint density at radius 2 is 1.93 bits per heavy atom. The SMILES string of the molecule is N#CC1=C(SCC(=O)Nc2ccccc2)NC(=O)C[C@H]1c1ccccc1F. The number of nitriles is 1. The lowest BCUT2D eigenvalue weighted by Gasteiger charge is -2.25. The first-order valence-electron chi connectivity index (χ1n) is 8.24. The van der Waals surface area contributed by atoms with Crippen LogP contribution in [-0.2, 0) is 9.59 Å². The lowest BCUT2D eigenvalue weighted by Crippen LogP contribution is -2.31. The highest BCUT2D eigenvalue weighted by Gasteiger charge is 2.31. The van der Waals surface area contributed by atoms with Crippen molar-refractivity contribution >= 4 is 29.3 Å². The summed E-state index contributed by atoms with van der Waals surface area (Å²) >= 11 is 1.06. The van der Waals surface area contributed by atoms with Gasteiger partial charge in [-0.3, -0.25) is 9.59 Å². The third kappa shape index (κ3) is 4.54. The molecule has 2 aromatic carbocycles. The first kappa shape index (κ1) is 18.7. The molecule has 0 fully saturated rings. The summed E-state index contributed by atoms with van der Waals surface area (Å²) in [6.07, 6.45) is -0.00982. The fourth-order valence-corrected chi connectivity index (χ4v) is 3.69. The molecule has 0 unspecified atom stereocenters. The fourth-order valence-electron chi connectivity index (χ4n) is 2.81. The number of amides is 2. The van der Waals surface area contributed by atoms with Crippen molar-refractivity contribution in [3.05, 3.63) is 76.6 Å². The molecule has 0 bridgehead atoms. The highest BCUT2D eigenvalue weighted by molar-refractivity contribution is 8.03. The molecule has 2 aromatic rings. The van der Waals surface area contributed by atoms with E-state index >= 15 is 0 Å². The molecule has 1 atom stereocenters. The molecule has 1 aliphatic heterocycles. The Morgan fingerprint density at radius 3 is 2.63 bits per heavy atom. The maximum Gasteiger partial charge on any atom is 0.234 e. The zero-order chi connectivity index (χ0) is 19.2. The summed E-state index contributed by atoms with van der Waals surface area (Å²) in [5.74, 6) is -1.69. The Bertz CT molecular complexity index is 938.